The summed E-state index contributed by atoms with van der Waals surface area (Å²) in [6, 6.07) is 0. The van der Waals surface area contributed by atoms with Gasteiger partial charge in [0.25, 0.3) is 0 Å². The van der Waals surface area contributed by atoms with Crippen LogP contribution in [-0.2, 0) is 4.74 Å². The van der Waals surface area contributed by atoms with E-state index < -0.39 is 11.7 Å². The van der Waals surface area contributed by atoms with E-state index in [1.807, 2.05) is 0 Å². The molecular formula is C8H9NO4. The molecule has 13 heavy (non-hydrogen) atoms. The van der Waals surface area contributed by atoms with Crippen molar-refractivity contribution in [1.29, 1.82) is 0 Å². The predicted octanol–water partition coefficient (Wildman–Crippen LogP) is 0.632. The molecule has 0 radical (unpaired) electrons. The SMILES string of the molecule is COC(=O)c1[nH]c(=O)oc1C1CC1. The summed E-state index contributed by atoms with van der Waals surface area (Å²) in [4.78, 5) is 24.3. The molecule has 5 heteroatoms. The van der Waals surface area contributed by atoms with E-state index in [-0.39, 0.29) is 11.6 Å². The highest BCUT2D eigenvalue weighted by Crippen LogP contribution is 2.40. The molecule has 0 aliphatic heterocycles. The van der Waals surface area contributed by atoms with E-state index >= 15 is 0 Å². The number of carbonyl (C=O) groups excluding carboxylic acids is 1. The third-order valence-electron chi connectivity index (χ3n) is 2.01. The lowest BCUT2D eigenvalue weighted by Gasteiger charge is -1.95. The van der Waals surface area contributed by atoms with Crippen molar-refractivity contribution in [1.82, 2.24) is 4.98 Å². The Bertz CT molecular complexity index is 385. The van der Waals surface area contributed by atoms with Crippen LogP contribution in [0.5, 0.6) is 0 Å². The normalized spacial score (nSPS) is 15.8. The maximum absolute atomic E-state index is 11.1. The van der Waals surface area contributed by atoms with E-state index in [0.29, 0.717) is 5.76 Å². The summed E-state index contributed by atoms with van der Waals surface area (Å²) < 4.78 is 9.35. The molecule has 0 atom stereocenters. The smallest absolute Gasteiger partial charge is 0.417 e. The molecule has 0 amide bonds. The van der Waals surface area contributed by atoms with E-state index in [9.17, 15) is 9.59 Å². The number of rotatable bonds is 2. The number of methoxy groups -OCH3 is 1. The number of aromatic nitrogens is 1. The summed E-state index contributed by atoms with van der Waals surface area (Å²) in [6.07, 6.45) is 1.93. The first-order valence-corrected chi connectivity index (χ1v) is 4.03. The van der Waals surface area contributed by atoms with Crippen molar-refractivity contribution in [2.24, 2.45) is 0 Å². The van der Waals surface area contributed by atoms with E-state index in [1.54, 1.807) is 0 Å². The highest BCUT2D eigenvalue weighted by Gasteiger charge is 2.33. The number of hydrogen-bond donors (Lipinski definition) is 1. The van der Waals surface area contributed by atoms with E-state index in [2.05, 4.69) is 9.72 Å². The zero-order valence-corrected chi connectivity index (χ0v) is 7.12. The molecule has 1 N–H and O–H groups in total. The molecule has 0 saturated heterocycles. The monoisotopic (exact) mass is 183 g/mol. The lowest BCUT2D eigenvalue weighted by atomic mass is 10.2. The Morgan fingerprint density at radius 1 is 1.62 bits per heavy atom. The number of aromatic amines is 1. The maximum Gasteiger partial charge on any atom is 0.417 e. The number of H-pyrrole nitrogens is 1. The molecule has 1 aliphatic carbocycles. The minimum Gasteiger partial charge on any atom is -0.464 e. The molecule has 2 rings (SSSR count). The minimum atomic E-state index is -0.595. The van der Waals surface area contributed by atoms with Crippen LogP contribution in [0.15, 0.2) is 9.21 Å². The Hall–Kier alpha value is -1.52. The predicted molar refractivity (Wildman–Crippen MR) is 42.6 cm³/mol. The van der Waals surface area contributed by atoms with Crippen LogP contribution in [0, 0.1) is 0 Å². The number of nitrogens with one attached hydrogen (secondary N) is 1. The van der Waals surface area contributed by atoms with Crippen molar-refractivity contribution in [3.63, 3.8) is 0 Å². The van der Waals surface area contributed by atoms with Crippen LogP contribution in [0.25, 0.3) is 0 Å². The first-order chi connectivity index (χ1) is 6.22. The maximum atomic E-state index is 11.1. The van der Waals surface area contributed by atoms with Crippen LogP contribution in [0.2, 0.25) is 0 Å². The fourth-order valence-electron chi connectivity index (χ4n) is 1.23. The van der Waals surface area contributed by atoms with Crippen molar-refractivity contribution in [3.05, 3.63) is 22.0 Å². The average molecular weight is 183 g/mol. The van der Waals surface area contributed by atoms with Gasteiger partial charge >= 0.3 is 11.7 Å². The first-order valence-electron chi connectivity index (χ1n) is 4.03. The minimum absolute atomic E-state index is 0.162. The van der Waals surface area contributed by atoms with Crippen molar-refractivity contribution in [2.45, 2.75) is 18.8 Å². The molecule has 5 nitrogen and oxygen atoms in total. The zero-order chi connectivity index (χ0) is 9.42. The number of ether oxygens (including phenoxy) is 1. The van der Waals surface area contributed by atoms with Crippen molar-refractivity contribution in [2.75, 3.05) is 7.11 Å². The van der Waals surface area contributed by atoms with E-state index in [4.69, 9.17) is 4.42 Å². The van der Waals surface area contributed by atoms with Crippen LogP contribution in [0.1, 0.15) is 35.0 Å². The van der Waals surface area contributed by atoms with Gasteiger partial charge in [0, 0.05) is 5.92 Å². The Kier molecular flexibility index (Phi) is 1.72. The standard InChI is InChI=1S/C8H9NO4/c1-12-7(10)5-6(4-2-3-4)13-8(11)9-5/h4H,2-3H2,1H3,(H,9,11). The molecule has 1 aliphatic rings. The Morgan fingerprint density at radius 2 is 2.31 bits per heavy atom. The Morgan fingerprint density at radius 3 is 2.85 bits per heavy atom. The lowest BCUT2D eigenvalue weighted by Crippen LogP contribution is -2.06. The van der Waals surface area contributed by atoms with E-state index in [1.165, 1.54) is 7.11 Å². The van der Waals surface area contributed by atoms with Crippen LogP contribution < -0.4 is 5.76 Å². The van der Waals surface area contributed by atoms with Gasteiger partial charge in [-0.2, -0.15) is 0 Å². The van der Waals surface area contributed by atoms with Gasteiger partial charge < -0.3 is 9.15 Å². The fraction of sp³-hybridized carbons (Fsp3) is 0.500. The zero-order valence-electron chi connectivity index (χ0n) is 7.12. The van der Waals surface area contributed by atoms with Crippen LogP contribution in [0.4, 0.5) is 0 Å². The molecule has 0 spiro atoms. The number of carbonyl (C=O) groups is 1. The average Bonchev–Trinajstić information content (AvgIpc) is 2.89. The highest BCUT2D eigenvalue weighted by atomic mass is 16.5. The second kappa shape index (κ2) is 2.76. The molecule has 70 valence electrons. The van der Waals surface area contributed by atoms with Gasteiger partial charge in [0.05, 0.1) is 7.11 Å². The Labute approximate surface area is 73.7 Å². The summed E-state index contributed by atoms with van der Waals surface area (Å²) in [5, 5.41) is 0. The number of esters is 1. The molecule has 1 fully saturated rings. The summed E-state index contributed by atoms with van der Waals surface area (Å²) in [6.45, 7) is 0. The molecule has 0 unspecified atom stereocenters. The second-order valence-electron chi connectivity index (χ2n) is 3.02. The second-order valence-corrected chi connectivity index (χ2v) is 3.02. The number of oxazole rings is 1. The summed E-state index contributed by atoms with van der Waals surface area (Å²) in [7, 11) is 1.27. The van der Waals surface area contributed by atoms with Gasteiger partial charge in [-0.05, 0) is 12.8 Å². The van der Waals surface area contributed by atoms with Crippen LogP contribution in [0.3, 0.4) is 0 Å². The third-order valence-corrected chi connectivity index (χ3v) is 2.01. The topological polar surface area (TPSA) is 72.3 Å². The van der Waals surface area contributed by atoms with Crippen molar-refractivity contribution < 1.29 is 13.9 Å². The van der Waals surface area contributed by atoms with Crippen LogP contribution >= 0.6 is 0 Å². The third kappa shape index (κ3) is 1.37. The molecule has 1 aromatic rings. The highest BCUT2D eigenvalue weighted by molar-refractivity contribution is 5.88. The van der Waals surface area contributed by atoms with Crippen molar-refractivity contribution >= 4 is 5.97 Å². The van der Waals surface area contributed by atoms with Gasteiger partial charge in [0.2, 0.25) is 0 Å². The molecular weight excluding hydrogens is 174 g/mol. The Balaban J connectivity index is 2.42. The van der Waals surface area contributed by atoms with Gasteiger partial charge in [-0.25, -0.2) is 9.59 Å². The fourth-order valence-corrected chi connectivity index (χ4v) is 1.23. The summed E-state index contributed by atoms with van der Waals surface area (Å²) in [5.74, 6) is -0.486. The van der Waals surface area contributed by atoms with E-state index in [0.717, 1.165) is 12.8 Å². The molecule has 1 aromatic heterocycles. The van der Waals surface area contributed by atoms with Gasteiger partial charge in [-0.3, -0.25) is 4.98 Å². The molecule has 1 heterocycles. The largest absolute Gasteiger partial charge is 0.464 e. The molecule has 0 aromatic carbocycles. The van der Waals surface area contributed by atoms with Crippen LogP contribution in [-0.4, -0.2) is 18.1 Å². The van der Waals surface area contributed by atoms with Crippen molar-refractivity contribution in [3.8, 4) is 0 Å². The number of hydrogen-bond acceptors (Lipinski definition) is 4. The quantitative estimate of drug-likeness (QED) is 0.682. The summed E-state index contributed by atoms with van der Waals surface area (Å²) in [5.41, 5.74) is 0.162. The van der Waals surface area contributed by atoms with Gasteiger partial charge in [0.1, 0.15) is 5.76 Å². The summed E-state index contributed by atoms with van der Waals surface area (Å²) >= 11 is 0. The molecule has 0 bridgehead atoms. The lowest BCUT2D eigenvalue weighted by molar-refractivity contribution is 0.0592. The van der Waals surface area contributed by atoms with Gasteiger partial charge in [0.15, 0.2) is 5.69 Å². The molecule has 1 saturated carbocycles. The van der Waals surface area contributed by atoms with Gasteiger partial charge in [-0.1, -0.05) is 0 Å². The first kappa shape index (κ1) is 8.10. The van der Waals surface area contributed by atoms with Gasteiger partial charge in [-0.15, -0.1) is 0 Å².